The van der Waals surface area contributed by atoms with Crippen molar-refractivity contribution in [1.29, 1.82) is 0 Å². The van der Waals surface area contributed by atoms with Crippen LogP contribution in [0.1, 0.15) is 57.1 Å². The lowest BCUT2D eigenvalue weighted by Gasteiger charge is -2.58. The molecule has 0 heterocycles. The number of esters is 1. The number of imide groups is 1. The highest BCUT2D eigenvalue weighted by Crippen LogP contribution is 2.64. The van der Waals surface area contributed by atoms with Gasteiger partial charge in [-0.2, -0.15) is 0 Å². The van der Waals surface area contributed by atoms with Crippen molar-refractivity contribution in [2.45, 2.75) is 56.4 Å². The van der Waals surface area contributed by atoms with Crippen molar-refractivity contribution in [2.24, 2.45) is 17.3 Å². The summed E-state index contributed by atoms with van der Waals surface area (Å²) >= 11 is 6.84. The molecule has 5 atom stereocenters. The van der Waals surface area contributed by atoms with Crippen LogP contribution in [0.4, 0.5) is 4.79 Å². The van der Waals surface area contributed by atoms with Crippen LogP contribution in [0.2, 0.25) is 0 Å². The zero-order chi connectivity index (χ0) is 20.6. The minimum absolute atomic E-state index is 0.325. The summed E-state index contributed by atoms with van der Waals surface area (Å²) in [4.78, 5) is 37.7. The Hall–Kier alpha value is -2.08. The summed E-state index contributed by atoms with van der Waals surface area (Å²) in [5.74, 6) is -0.126. The predicted octanol–water partition coefficient (Wildman–Crippen LogP) is 3.69. The highest BCUT2D eigenvalue weighted by Gasteiger charge is 2.61. The highest BCUT2D eigenvalue weighted by molar-refractivity contribution is 6.24. The van der Waals surface area contributed by atoms with Gasteiger partial charge in [-0.3, -0.25) is 14.9 Å². The SMILES string of the molecule is CCNC(=O)NC(=O)[C@@H](OC(=O)C12C[C@@H]3C[C@@H](CC(Cl)(C3)C1)C2)c1ccccc1. The van der Waals surface area contributed by atoms with Crippen molar-refractivity contribution >= 4 is 29.5 Å². The molecule has 3 amide bonds. The lowest BCUT2D eigenvalue weighted by atomic mass is 9.49. The summed E-state index contributed by atoms with van der Waals surface area (Å²) in [6.45, 7) is 2.15. The van der Waals surface area contributed by atoms with Crippen LogP contribution in [-0.2, 0) is 14.3 Å². The zero-order valence-corrected chi connectivity index (χ0v) is 17.3. The Labute approximate surface area is 175 Å². The summed E-state index contributed by atoms with van der Waals surface area (Å²) < 4.78 is 5.82. The molecule has 4 aliphatic carbocycles. The van der Waals surface area contributed by atoms with E-state index in [1.807, 2.05) is 6.07 Å². The topological polar surface area (TPSA) is 84.5 Å². The standard InChI is InChI=1S/C22H27ClN2O4/c1-2-24-20(28)25-18(26)17(16-6-4-3-5-7-16)29-19(27)21-9-14-8-15(10-21)12-22(23,11-14)13-21/h3-7,14-15,17H,2,8-13H2,1H3,(H2,24,25,26,28)/t14-,15+,17-,21?,22?/m0/s1. The van der Waals surface area contributed by atoms with Crippen LogP contribution in [0.5, 0.6) is 0 Å². The summed E-state index contributed by atoms with van der Waals surface area (Å²) in [6, 6.07) is 8.20. The van der Waals surface area contributed by atoms with E-state index in [1.165, 1.54) is 0 Å². The molecule has 29 heavy (non-hydrogen) atoms. The van der Waals surface area contributed by atoms with Gasteiger partial charge in [-0.1, -0.05) is 30.3 Å². The minimum Gasteiger partial charge on any atom is -0.447 e. The summed E-state index contributed by atoms with van der Waals surface area (Å²) in [7, 11) is 0. The first-order chi connectivity index (χ1) is 13.8. The molecule has 2 unspecified atom stereocenters. The molecule has 0 saturated heterocycles. The normalized spacial score (nSPS) is 33.0. The third-order valence-electron chi connectivity index (χ3n) is 6.56. The first-order valence-electron chi connectivity index (χ1n) is 10.4. The van der Waals surface area contributed by atoms with Crippen molar-refractivity contribution in [2.75, 3.05) is 6.54 Å². The van der Waals surface area contributed by atoms with Gasteiger partial charge in [-0.05, 0) is 57.3 Å². The van der Waals surface area contributed by atoms with Crippen molar-refractivity contribution in [3.8, 4) is 0 Å². The van der Waals surface area contributed by atoms with Crippen molar-refractivity contribution < 1.29 is 19.1 Å². The number of hydrogen-bond donors (Lipinski definition) is 2. The molecule has 4 saturated carbocycles. The van der Waals surface area contributed by atoms with Crippen LogP contribution in [0.3, 0.4) is 0 Å². The van der Waals surface area contributed by atoms with Gasteiger partial charge in [0, 0.05) is 17.0 Å². The van der Waals surface area contributed by atoms with E-state index in [2.05, 4.69) is 10.6 Å². The number of alkyl halides is 1. The fourth-order valence-corrected chi connectivity index (χ4v) is 6.60. The number of carbonyl (C=O) groups is 3. The molecule has 0 radical (unpaired) electrons. The Morgan fingerprint density at radius 2 is 1.79 bits per heavy atom. The molecule has 6 nitrogen and oxygen atoms in total. The fourth-order valence-electron chi connectivity index (χ4n) is 5.90. The maximum absolute atomic E-state index is 13.4. The molecule has 5 rings (SSSR count). The van der Waals surface area contributed by atoms with E-state index >= 15 is 0 Å². The number of halogens is 1. The minimum atomic E-state index is -1.18. The monoisotopic (exact) mass is 418 g/mol. The van der Waals surface area contributed by atoms with Gasteiger partial charge in [0.05, 0.1) is 5.41 Å². The Kier molecular flexibility index (Phi) is 5.32. The number of nitrogens with one attached hydrogen (secondary N) is 2. The fraction of sp³-hybridized carbons (Fsp3) is 0.591. The predicted molar refractivity (Wildman–Crippen MR) is 108 cm³/mol. The molecule has 4 aliphatic rings. The van der Waals surface area contributed by atoms with E-state index in [0.29, 0.717) is 30.4 Å². The molecule has 4 fully saturated rings. The second-order valence-corrected chi connectivity index (χ2v) is 9.74. The number of benzene rings is 1. The molecular formula is C22H27ClN2O4. The van der Waals surface area contributed by atoms with Crippen LogP contribution >= 0.6 is 11.6 Å². The number of hydrogen-bond acceptors (Lipinski definition) is 4. The molecule has 0 aromatic heterocycles. The Morgan fingerprint density at radius 1 is 1.14 bits per heavy atom. The van der Waals surface area contributed by atoms with Gasteiger partial charge in [0.1, 0.15) is 0 Å². The summed E-state index contributed by atoms with van der Waals surface area (Å²) in [5.41, 5.74) is -0.0851. The first kappa shape index (κ1) is 20.2. The molecule has 7 heteroatoms. The third-order valence-corrected chi connectivity index (χ3v) is 7.00. The van der Waals surface area contributed by atoms with Crippen LogP contribution in [0.25, 0.3) is 0 Å². The van der Waals surface area contributed by atoms with E-state index in [-0.39, 0.29) is 10.8 Å². The van der Waals surface area contributed by atoms with Gasteiger partial charge in [-0.15, -0.1) is 11.6 Å². The van der Waals surface area contributed by atoms with Crippen LogP contribution in [0, 0.1) is 17.3 Å². The van der Waals surface area contributed by atoms with Crippen LogP contribution in [-0.4, -0.2) is 29.3 Å². The van der Waals surface area contributed by atoms with Gasteiger partial charge in [0.2, 0.25) is 6.10 Å². The Balaban J connectivity index is 1.55. The second kappa shape index (κ2) is 7.63. The van der Waals surface area contributed by atoms with E-state index in [1.54, 1.807) is 31.2 Å². The molecular weight excluding hydrogens is 392 g/mol. The summed E-state index contributed by atoms with van der Waals surface area (Å²) in [6.07, 6.45) is 4.02. The zero-order valence-electron chi connectivity index (χ0n) is 16.6. The molecule has 156 valence electrons. The largest absolute Gasteiger partial charge is 0.447 e. The van der Waals surface area contributed by atoms with Crippen molar-refractivity contribution in [3.63, 3.8) is 0 Å². The van der Waals surface area contributed by atoms with Gasteiger partial charge in [0.15, 0.2) is 0 Å². The average molecular weight is 419 g/mol. The van der Waals surface area contributed by atoms with E-state index in [4.69, 9.17) is 16.3 Å². The average Bonchev–Trinajstić information content (AvgIpc) is 2.64. The third kappa shape index (κ3) is 4.00. The molecule has 1 aromatic rings. The number of rotatable bonds is 5. The van der Waals surface area contributed by atoms with Crippen molar-refractivity contribution in [3.05, 3.63) is 35.9 Å². The molecule has 1 aromatic carbocycles. The Morgan fingerprint density at radius 3 is 2.38 bits per heavy atom. The van der Waals surface area contributed by atoms with Gasteiger partial charge in [-0.25, -0.2) is 4.79 Å². The lowest BCUT2D eigenvalue weighted by molar-refractivity contribution is -0.178. The number of urea groups is 1. The second-order valence-electron chi connectivity index (χ2n) is 8.94. The maximum atomic E-state index is 13.4. The molecule has 0 aliphatic heterocycles. The quantitative estimate of drug-likeness (QED) is 0.564. The number of ether oxygens (including phenoxy) is 1. The van der Waals surface area contributed by atoms with E-state index in [9.17, 15) is 14.4 Å². The van der Waals surface area contributed by atoms with Crippen LogP contribution < -0.4 is 10.6 Å². The molecule has 0 spiro atoms. The van der Waals surface area contributed by atoms with Crippen molar-refractivity contribution in [1.82, 2.24) is 10.6 Å². The Bertz CT molecular complexity index is 798. The molecule has 4 bridgehead atoms. The number of amides is 3. The van der Waals surface area contributed by atoms with Gasteiger partial charge < -0.3 is 10.1 Å². The molecule has 2 N–H and O–H groups in total. The van der Waals surface area contributed by atoms with Crippen LogP contribution in [0.15, 0.2) is 30.3 Å². The first-order valence-corrected chi connectivity index (χ1v) is 10.7. The summed E-state index contributed by atoms with van der Waals surface area (Å²) in [5, 5.41) is 4.79. The maximum Gasteiger partial charge on any atom is 0.321 e. The highest BCUT2D eigenvalue weighted by atomic mass is 35.5. The van der Waals surface area contributed by atoms with Gasteiger partial charge >= 0.3 is 12.0 Å². The number of carbonyl (C=O) groups excluding carboxylic acids is 3. The lowest BCUT2D eigenvalue weighted by Crippen LogP contribution is -2.56. The smallest absolute Gasteiger partial charge is 0.321 e. The van der Waals surface area contributed by atoms with E-state index in [0.717, 1.165) is 32.1 Å². The van der Waals surface area contributed by atoms with E-state index < -0.39 is 23.5 Å². The van der Waals surface area contributed by atoms with Gasteiger partial charge in [0.25, 0.3) is 5.91 Å².